The molecule has 0 aliphatic carbocycles. The van der Waals surface area contributed by atoms with Crippen molar-refractivity contribution in [3.63, 3.8) is 0 Å². The third-order valence-corrected chi connectivity index (χ3v) is 3.63. The lowest BCUT2D eigenvalue weighted by atomic mass is 10.2. The molecule has 2 aromatic rings. The quantitative estimate of drug-likeness (QED) is 0.933. The molecule has 2 heterocycles. The average Bonchev–Trinajstić information content (AvgIpc) is 2.90. The fourth-order valence-electron chi connectivity index (χ4n) is 2.46. The molecule has 0 spiro atoms. The Bertz CT molecular complexity index is 584. The number of benzene rings is 1. The number of hydrogen-bond acceptors (Lipinski definition) is 4. The molecule has 1 aliphatic rings. The zero-order valence-electron chi connectivity index (χ0n) is 11.5. The van der Waals surface area contributed by atoms with Crippen LogP contribution in [0, 0.1) is 5.82 Å². The minimum Gasteiger partial charge on any atom is -0.444 e. The summed E-state index contributed by atoms with van der Waals surface area (Å²) in [6, 6.07) is 6.79. The van der Waals surface area contributed by atoms with Crippen LogP contribution in [0.1, 0.15) is 12.6 Å². The Morgan fingerprint density at radius 3 is 3.20 bits per heavy atom. The third kappa shape index (κ3) is 2.89. The molecule has 0 bridgehead atoms. The summed E-state index contributed by atoms with van der Waals surface area (Å²) in [6.45, 7) is 5.96. The van der Waals surface area contributed by atoms with E-state index in [4.69, 9.17) is 4.42 Å². The minimum absolute atomic E-state index is 0.280. The fraction of sp³-hybridized carbons (Fsp3) is 0.400. The average molecular weight is 275 g/mol. The summed E-state index contributed by atoms with van der Waals surface area (Å²) in [5, 5.41) is 3.36. The molecular weight excluding hydrogens is 257 g/mol. The van der Waals surface area contributed by atoms with Crippen molar-refractivity contribution < 1.29 is 8.81 Å². The molecule has 1 saturated heterocycles. The van der Waals surface area contributed by atoms with Crippen molar-refractivity contribution in [1.29, 1.82) is 0 Å². The summed E-state index contributed by atoms with van der Waals surface area (Å²) in [5.41, 5.74) is 1.56. The highest BCUT2D eigenvalue weighted by molar-refractivity contribution is 5.52. The van der Waals surface area contributed by atoms with Gasteiger partial charge in [-0.1, -0.05) is 6.07 Å². The molecule has 0 amide bonds. The number of nitrogens with one attached hydrogen (secondary N) is 1. The van der Waals surface area contributed by atoms with E-state index < -0.39 is 0 Å². The smallest absolute Gasteiger partial charge is 0.226 e. The van der Waals surface area contributed by atoms with Gasteiger partial charge in [-0.05, 0) is 25.1 Å². The molecule has 1 fully saturated rings. The van der Waals surface area contributed by atoms with Crippen LogP contribution >= 0.6 is 0 Å². The van der Waals surface area contributed by atoms with Crippen LogP contribution in [-0.2, 0) is 6.54 Å². The molecule has 1 N–H and O–H groups in total. The molecule has 0 saturated carbocycles. The second kappa shape index (κ2) is 5.73. The van der Waals surface area contributed by atoms with Crippen LogP contribution in [0.4, 0.5) is 4.39 Å². The van der Waals surface area contributed by atoms with Crippen molar-refractivity contribution >= 4 is 0 Å². The Hall–Kier alpha value is -1.72. The van der Waals surface area contributed by atoms with Gasteiger partial charge in [-0.15, -0.1) is 0 Å². The van der Waals surface area contributed by atoms with E-state index in [9.17, 15) is 4.39 Å². The minimum atomic E-state index is -0.280. The molecule has 4 nitrogen and oxygen atoms in total. The lowest BCUT2D eigenvalue weighted by Gasteiger charge is -2.33. The van der Waals surface area contributed by atoms with E-state index in [1.807, 2.05) is 0 Å². The van der Waals surface area contributed by atoms with Crippen molar-refractivity contribution in [1.82, 2.24) is 15.2 Å². The molecule has 1 aromatic carbocycles. The molecule has 1 aromatic heterocycles. The van der Waals surface area contributed by atoms with Crippen molar-refractivity contribution in [2.24, 2.45) is 0 Å². The molecule has 3 rings (SSSR count). The van der Waals surface area contributed by atoms with Gasteiger partial charge < -0.3 is 9.73 Å². The van der Waals surface area contributed by atoms with Gasteiger partial charge in [0.25, 0.3) is 0 Å². The van der Waals surface area contributed by atoms with Gasteiger partial charge in [0.05, 0.1) is 5.69 Å². The molecular formula is C15H18FN3O. The van der Waals surface area contributed by atoms with Crippen LogP contribution in [0.3, 0.4) is 0 Å². The van der Waals surface area contributed by atoms with Gasteiger partial charge in [-0.3, -0.25) is 4.90 Å². The first-order valence-corrected chi connectivity index (χ1v) is 6.87. The summed E-state index contributed by atoms with van der Waals surface area (Å²) in [4.78, 5) is 6.82. The van der Waals surface area contributed by atoms with Gasteiger partial charge in [0, 0.05) is 37.8 Å². The Labute approximate surface area is 117 Å². The summed E-state index contributed by atoms with van der Waals surface area (Å²) in [7, 11) is 0. The standard InChI is InChI=1S/C15H18FN3O/c1-11-8-17-5-6-19(11)9-14-10-20-15(18-14)12-3-2-4-13(16)7-12/h2-4,7,10-11,17H,5-6,8-9H2,1H3/t11-/m0/s1. The number of nitrogens with zero attached hydrogens (tertiary/aromatic N) is 2. The van der Waals surface area contributed by atoms with Gasteiger partial charge in [0.1, 0.15) is 12.1 Å². The van der Waals surface area contributed by atoms with E-state index in [0.29, 0.717) is 17.5 Å². The lowest BCUT2D eigenvalue weighted by Crippen LogP contribution is -2.49. The number of halogens is 1. The molecule has 1 aliphatic heterocycles. The van der Waals surface area contributed by atoms with Crippen LogP contribution in [-0.4, -0.2) is 35.6 Å². The maximum absolute atomic E-state index is 13.2. The van der Waals surface area contributed by atoms with Crippen molar-refractivity contribution in [2.75, 3.05) is 19.6 Å². The van der Waals surface area contributed by atoms with Gasteiger partial charge in [-0.2, -0.15) is 0 Å². The lowest BCUT2D eigenvalue weighted by molar-refractivity contribution is 0.163. The largest absolute Gasteiger partial charge is 0.444 e. The fourth-order valence-corrected chi connectivity index (χ4v) is 2.46. The first kappa shape index (κ1) is 13.3. The van der Waals surface area contributed by atoms with Gasteiger partial charge in [-0.25, -0.2) is 9.37 Å². The molecule has 0 radical (unpaired) electrons. The van der Waals surface area contributed by atoms with Gasteiger partial charge in [0.2, 0.25) is 5.89 Å². The first-order chi connectivity index (χ1) is 9.72. The molecule has 20 heavy (non-hydrogen) atoms. The van der Waals surface area contributed by atoms with Crippen molar-refractivity contribution in [2.45, 2.75) is 19.5 Å². The Morgan fingerprint density at radius 1 is 1.50 bits per heavy atom. The molecule has 106 valence electrons. The van der Waals surface area contributed by atoms with Gasteiger partial charge in [0.15, 0.2) is 0 Å². The van der Waals surface area contributed by atoms with E-state index in [0.717, 1.165) is 31.9 Å². The summed E-state index contributed by atoms with van der Waals surface area (Å²) < 4.78 is 18.7. The predicted octanol–water partition coefficient (Wildman–Crippen LogP) is 2.27. The normalized spacial score (nSPS) is 20.2. The highest BCUT2D eigenvalue weighted by Crippen LogP contribution is 2.20. The van der Waals surface area contributed by atoms with Crippen LogP contribution in [0.15, 0.2) is 34.9 Å². The SMILES string of the molecule is C[C@H]1CNCCN1Cc1coc(-c2cccc(F)c2)n1. The van der Waals surface area contributed by atoms with Crippen molar-refractivity contribution in [3.8, 4) is 11.5 Å². The van der Waals surface area contributed by atoms with Gasteiger partial charge >= 0.3 is 0 Å². The Kier molecular flexibility index (Phi) is 3.80. The monoisotopic (exact) mass is 275 g/mol. The topological polar surface area (TPSA) is 41.3 Å². The predicted molar refractivity (Wildman–Crippen MR) is 74.6 cm³/mol. The Morgan fingerprint density at radius 2 is 2.40 bits per heavy atom. The van der Waals surface area contributed by atoms with Crippen LogP contribution in [0.2, 0.25) is 0 Å². The second-order valence-electron chi connectivity index (χ2n) is 5.18. The molecule has 0 unspecified atom stereocenters. The summed E-state index contributed by atoms with van der Waals surface area (Å²) in [5.74, 6) is 0.195. The second-order valence-corrected chi connectivity index (χ2v) is 5.18. The van der Waals surface area contributed by atoms with E-state index in [-0.39, 0.29) is 5.82 Å². The van der Waals surface area contributed by atoms with Crippen molar-refractivity contribution in [3.05, 3.63) is 42.0 Å². The zero-order chi connectivity index (χ0) is 13.9. The molecule has 1 atom stereocenters. The number of rotatable bonds is 3. The van der Waals surface area contributed by atoms with Crippen LogP contribution in [0.25, 0.3) is 11.5 Å². The van der Waals surface area contributed by atoms with E-state index >= 15 is 0 Å². The van der Waals surface area contributed by atoms with E-state index in [1.54, 1.807) is 18.4 Å². The Balaban J connectivity index is 1.73. The highest BCUT2D eigenvalue weighted by atomic mass is 19.1. The van der Waals surface area contributed by atoms with Crippen LogP contribution < -0.4 is 5.32 Å². The third-order valence-electron chi connectivity index (χ3n) is 3.63. The number of oxazole rings is 1. The maximum Gasteiger partial charge on any atom is 0.226 e. The first-order valence-electron chi connectivity index (χ1n) is 6.87. The number of hydrogen-bond donors (Lipinski definition) is 1. The van der Waals surface area contributed by atoms with E-state index in [1.165, 1.54) is 12.1 Å². The van der Waals surface area contributed by atoms with E-state index in [2.05, 4.69) is 22.1 Å². The number of piperazine rings is 1. The molecule has 5 heteroatoms. The zero-order valence-corrected chi connectivity index (χ0v) is 11.5. The summed E-state index contributed by atoms with van der Waals surface area (Å²) in [6.07, 6.45) is 1.66. The van der Waals surface area contributed by atoms with Crippen LogP contribution in [0.5, 0.6) is 0 Å². The maximum atomic E-state index is 13.2. The number of aromatic nitrogens is 1. The highest BCUT2D eigenvalue weighted by Gasteiger charge is 2.19. The summed E-state index contributed by atoms with van der Waals surface area (Å²) >= 11 is 0.